The molecule has 1 aromatic rings. The molecule has 1 unspecified atom stereocenters. The van der Waals surface area contributed by atoms with Crippen molar-refractivity contribution in [1.29, 1.82) is 0 Å². The molecule has 0 saturated heterocycles. The van der Waals surface area contributed by atoms with Crippen LogP contribution in [-0.4, -0.2) is 30.0 Å². The van der Waals surface area contributed by atoms with E-state index in [2.05, 4.69) is 30.1 Å². The molecule has 4 nitrogen and oxygen atoms in total. The minimum absolute atomic E-state index is 0.424. The van der Waals surface area contributed by atoms with Crippen LogP contribution in [0.1, 0.15) is 30.5 Å². The van der Waals surface area contributed by atoms with Crippen molar-refractivity contribution in [3.63, 3.8) is 0 Å². The van der Waals surface area contributed by atoms with Gasteiger partial charge in [-0.2, -0.15) is 5.10 Å². The molecule has 0 fully saturated rings. The van der Waals surface area contributed by atoms with E-state index in [0.717, 1.165) is 31.8 Å². The van der Waals surface area contributed by atoms with Gasteiger partial charge in [-0.1, -0.05) is 13.0 Å². The Bertz CT molecular complexity index is 346. The van der Waals surface area contributed by atoms with Crippen LogP contribution in [0.25, 0.3) is 0 Å². The monoisotopic (exact) mass is 237 g/mol. The number of hydrogen-bond acceptors (Lipinski definition) is 3. The van der Waals surface area contributed by atoms with Crippen LogP contribution in [-0.2, 0) is 18.3 Å². The maximum Gasteiger partial charge on any atom is 0.0700 e. The van der Waals surface area contributed by atoms with E-state index in [1.807, 2.05) is 17.8 Å². The van der Waals surface area contributed by atoms with Gasteiger partial charge in [0.1, 0.15) is 0 Å². The molecule has 0 saturated carbocycles. The van der Waals surface area contributed by atoms with E-state index >= 15 is 0 Å². The zero-order chi connectivity index (χ0) is 12.7. The molecule has 0 aliphatic carbocycles. The van der Waals surface area contributed by atoms with E-state index in [4.69, 9.17) is 4.74 Å². The lowest BCUT2D eigenvalue weighted by Crippen LogP contribution is -2.19. The van der Waals surface area contributed by atoms with Crippen LogP contribution >= 0.6 is 0 Å². The molecule has 0 aliphatic rings. The molecule has 1 heterocycles. The Balaban J connectivity index is 2.60. The van der Waals surface area contributed by atoms with Gasteiger partial charge in [0.05, 0.1) is 12.3 Å². The topological polar surface area (TPSA) is 39.1 Å². The number of nitrogens with zero attached hydrogens (tertiary/aromatic N) is 2. The van der Waals surface area contributed by atoms with Crippen molar-refractivity contribution in [3.05, 3.63) is 30.1 Å². The largest absolute Gasteiger partial charge is 0.383 e. The molecule has 0 bridgehead atoms. The SMILES string of the molecule is C=CCC(C)c1nn(C)cc1CNCCOC. The minimum Gasteiger partial charge on any atom is -0.383 e. The van der Waals surface area contributed by atoms with Gasteiger partial charge in [0.15, 0.2) is 0 Å². The summed E-state index contributed by atoms with van der Waals surface area (Å²) < 4.78 is 6.88. The van der Waals surface area contributed by atoms with E-state index in [1.54, 1.807) is 7.11 Å². The summed E-state index contributed by atoms with van der Waals surface area (Å²) >= 11 is 0. The van der Waals surface area contributed by atoms with Crippen LogP contribution in [0.15, 0.2) is 18.9 Å². The predicted molar refractivity (Wildman–Crippen MR) is 70.0 cm³/mol. The zero-order valence-corrected chi connectivity index (χ0v) is 11.1. The maximum absolute atomic E-state index is 5.00. The van der Waals surface area contributed by atoms with Gasteiger partial charge in [-0.05, 0) is 6.42 Å². The van der Waals surface area contributed by atoms with Crippen LogP contribution in [0.4, 0.5) is 0 Å². The lowest BCUT2D eigenvalue weighted by Gasteiger charge is -2.09. The molecule has 96 valence electrons. The molecule has 17 heavy (non-hydrogen) atoms. The number of allylic oxidation sites excluding steroid dienone is 1. The highest BCUT2D eigenvalue weighted by molar-refractivity contribution is 5.21. The van der Waals surface area contributed by atoms with E-state index in [0.29, 0.717) is 5.92 Å². The van der Waals surface area contributed by atoms with Gasteiger partial charge in [0, 0.05) is 44.9 Å². The van der Waals surface area contributed by atoms with Gasteiger partial charge in [0.2, 0.25) is 0 Å². The Hall–Kier alpha value is -1.13. The van der Waals surface area contributed by atoms with Gasteiger partial charge in [-0.15, -0.1) is 6.58 Å². The number of aromatic nitrogens is 2. The molecular weight excluding hydrogens is 214 g/mol. The van der Waals surface area contributed by atoms with Gasteiger partial charge in [0.25, 0.3) is 0 Å². The normalized spacial score (nSPS) is 12.6. The molecule has 0 aromatic carbocycles. The second-order valence-corrected chi connectivity index (χ2v) is 4.31. The van der Waals surface area contributed by atoms with Crippen LogP contribution < -0.4 is 5.32 Å². The van der Waals surface area contributed by atoms with Crippen LogP contribution in [0.2, 0.25) is 0 Å². The third kappa shape index (κ3) is 4.32. The average molecular weight is 237 g/mol. The zero-order valence-electron chi connectivity index (χ0n) is 11.1. The molecule has 1 aromatic heterocycles. The van der Waals surface area contributed by atoms with Crippen molar-refractivity contribution in [1.82, 2.24) is 15.1 Å². The average Bonchev–Trinajstić information content (AvgIpc) is 2.66. The number of methoxy groups -OCH3 is 1. The molecule has 1 N–H and O–H groups in total. The van der Waals surface area contributed by atoms with Crippen molar-refractivity contribution < 1.29 is 4.74 Å². The van der Waals surface area contributed by atoms with Crippen LogP contribution in [0.5, 0.6) is 0 Å². The molecule has 0 spiro atoms. The van der Waals surface area contributed by atoms with Crippen molar-refractivity contribution >= 4 is 0 Å². The summed E-state index contributed by atoms with van der Waals surface area (Å²) in [4.78, 5) is 0. The standard InChI is InChI=1S/C13H23N3O/c1-5-6-11(2)13-12(10-16(3)15-13)9-14-7-8-17-4/h5,10-11,14H,1,6-9H2,2-4H3. The molecular formula is C13H23N3O. The second kappa shape index (κ2) is 7.25. The van der Waals surface area contributed by atoms with Crippen molar-refractivity contribution in [3.8, 4) is 0 Å². The van der Waals surface area contributed by atoms with Crippen molar-refractivity contribution in [2.75, 3.05) is 20.3 Å². The van der Waals surface area contributed by atoms with Gasteiger partial charge < -0.3 is 10.1 Å². The minimum atomic E-state index is 0.424. The third-order valence-corrected chi connectivity index (χ3v) is 2.72. The van der Waals surface area contributed by atoms with Crippen molar-refractivity contribution in [2.24, 2.45) is 7.05 Å². The lowest BCUT2D eigenvalue weighted by atomic mass is 10.0. The van der Waals surface area contributed by atoms with Gasteiger partial charge in [-0.25, -0.2) is 0 Å². The number of aryl methyl sites for hydroxylation is 1. The van der Waals surface area contributed by atoms with E-state index in [1.165, 1.54) is 5.56 Å². The van der Waals surface area contributed by atoms with E-state index in [9.17, 15) is 0 Å². The number of ether oxygens (including phenoxy) is 1. The number of rotatable bonds is 8. The Labute approximate surface area is 104 Å². The van der Waals surface area contributed by atoms with Gasteiger partial charge in [-0.3, -0.25) is 4.68 Å². The fourth-order valence-electron chi connectivity index (χ4n) is 1.86. The molecule has 0 radical (unpaired) electrons. The Kier molecular flexibility index (Phi) is 5.94. The fraction of sp³-hybridized carbons (Fsp3) is 0.615. The summed E-state index contributed by atoms with van der Waals surface area (Å²) in [5.74, 6) is 0.424. The first-order valence-corrected chi connectivity index (χ1v) is 6.02. The summed E-state index contributed by atoms with van der Waals surface area (Å²) in [5, 5.41) is 7.87. The third-order valence-electron chi connectivity index (χ3n) is 2.72. The van der Waals surface area contributed by atoms with Gasteiger partial charge >= 0.3 is 0 Å². The number of nitrogens with one attached hydrogen (secondary N) is 1. The maximum atomic E-state index is 5.00. The van der Waals surface area contributed by atoms with Crippen molar-refractivity contribution in [2.45, 2.75) is 25.8 Å². The summed E-state index contributed by atoms with van der Waals surface area (Å²) in [5.41, 5.74) is 2.43. The van der Waals surface area contributed by atoms with Crippen LogP contribution in [0.3, 0.4) is 0 Å². The predicted octanol–water partition coefficient (Wildman–Crippen LogP) is 1.84. The highest BCUT2D eigenvalue weighted by Crippen LogP contribution is 2.21. The Morgan fingerprint density at radius 1 is 1.65 bits per heavy atom. The van der Waals surface area contributed by atoms with Crippen LogP contribution in [0, 0.1) is 0 Å². The molecule has 0 amide bonds. The van der Waals surface area contributed by atoms with E-state index in [-0.39, 0.29) is 0 Å². The molecule has 4 heteroatoms. The summed E-state index contributed by atoms with van der Waals surface area (Å²) in [7, 11) is 3.67. The number of hydrogen-bond donors (Lipinski definition) is 1. The lowest BCUT2D eigenvalue weighted by molar-refractivity contribution is 0.199. The quantitative estimate of drug-likeness (QED) is 0.554. The Morgan fingerprint density at radius 3 is 3.06 bits per heavy atom. The first kappa shape index (κ1) is 13.9. The fourth-order valence-corrected chi connectivity index (χ4v) is 1.86. The highest BCUT2D eigenvalue weighted by Gasteiger charge is 2.13. The van der Waals surface area contributed by atoms with E-state index < -0.39 is 0 Å². The smallest absolute Gasteiger partial charge is 0.0700 e. The summed E-state index contributed by atoms with van der Waals surface area (Å²) in [6.45, 7) is 8.40. The molecule has 1 atom stereocenters. The summed E-state index contributed by atoms with van der Waals surface area (Å²) in [6.07, 6.45) is 4.98. The highest BCUT2D eigenvalue weighted by atomic mass is 16.5. The second-order valence-electron chi connectivity index (χ2n) is 4.31. The first-order chi connectivity index (χ1) is 8.19. The molecule has 0 aliphatic heterocycles. The Morgan fingerprint density at radius 2 is 2.41 bits per heavy atom. The molecule has 1 rings (SSSR count). The first-order valence-electron chi connectivity index (χ1n) is 6.02. The summed E-state index contributed by atoms with van der Waals surface area (Å²) in [6, 6.07) is 0.